The molecule has 0 unspecified atom stereocenters. The molecule has 4 aliphatic heterocycles. The molecule has 7 nitrogen and oxygen atoms in total. The number of carbonyl (C=O) groups is 1. The quantitative estimate of drug-likeness (QED) is 0.795. The Morgan fingerprint density at radius 2 is 1.87 bits per heavy atom. The van der Waals surface area contributed by atoms with E-state index in [-0.39, 0.29) is 11.8 Å². The van der Waals surface area contributed by atoms with Gasteiger partial charge in [0.05, 0.1) is 35.7 Å². The highest BCUT2D eigenvalue weighted by Gasteiger charge is 2.42. The molecule has 0 radical (unpaired) electrons. The molecule has 160 valence electrons. The third-order valence-corrected chi connectivity index (χ3v) is 8.01. The fourth-order valence-corrected chi connectivity index (χ4v) is 6.34. The molecule has 6 rings (SSSR count). The van der Waals surface area contributed by atoms with E-state index in [1.807, 2.05) is 4.90 Å². The molecule has 0 atom stereocenters. The summed E-state index contributed by atoms with van der Waals surface area (Å²) in [5.74, 6) is 0.354. The second-order valence-corrected chi connectivity index (χ2v) is 9.72. The second kappa shape index (κ2) is 7.00. The van der Waals surface area contributed by atoms with Crippen LogP contribution in [0.2, 0.25) is 0 Å². The van der Waals surface area contributed by atoms with Crippen LogP contribution in [0.25, 0.3) is 15.9 Å². The van der Waals surface area contributed by atoms with Crippen LogP contribution in [0.15, 0.2) is 23.3 Å². The van der Waals surface area contributed by atoms with E-state index in [1.54, 1.807) is 11.3 Å². The van der Waals surface area contributed by atoms with Gasteiger partial charge in [-0.2, -0.15) is 0 Å². The van der Waals surface area contributed by atoms with Crippen LogP contribution >= 0.6 is 11.3 Å². The molecule has 30 heavy (non-hydrogen) atoms. The fraction of sp³-hybridized carbons (Fsp3) is 0.591. The monoisotopic (exact) mass is 429 g/mol. The number of fused-ring (bicyclic) bond motifs is 3. The fourth-order valence-electron chi connectivity index (χ4n) is 5.52. The molecule has 1 spiro atoms. The Labute approximate surface area is 179 Å². The summed E-state index contributed by atoms with van der Waals surface area (Å²) in [6.07, 6.45) is 3.21. The molecular weight excluding hydrogens is 402 g/mol. The molecule has 2 aromatic heterocycles. The van der Waals surface area contributed by atoms with E-state index >= 15 is 0 Å². The van der Waals surface area contributed by atoms with Crippen molar-refractivity contribution >= 4 is 33.2 Å². The van der Waals surface area contributed by atoms with Crippen molar-refractivity contribution in [3.05, 3.63) is 29.0 Å². The predicted molar refractivity (Wildman–Crippen MR) is 114 cm³/mol. The minimum atomic E-state index is -0.435. The lowest BCUT2D eigenvalue weighted by Gasteiger charge is -2.40. The first-order chi connectivity index (χ1) is 14.6. The largest absolute Gasteiger partial charge is 0.508 e. The summed E-state index contributed by atoms with van der Waals surface area (Å²) < 4.78 is 15.0. The van der Waals surface area contributed by atoms with E-state index in [4.69, 9.17) is 9.47 Å². The topological polar surface area (TPSA) is 67.2 Å². The Kier molecular flexibility index (Phi) is 4.37. The van der Waals surface area contributed by atoms with Gasteiger partial charge < -0.3 is 28.9 Å². The average molecular weight is 430 g/mol. The first kappa shape index (κ1) is 18.7. The summed E-state index contributed by atoms with van der Waals surface area (Å²) in [6.45, 7) is 4.91. The van der Waals surface area contributed by atoms with Crippen LogP contribution in [-0.2, 0) is 20.8 Å². The average Bonchev–Trinajstić information content (AvgIpc) is 3.52. The van der Waals surface area contributed by atoms with Crippen LogP contribution in [0.4, 0.5) is 0 Å². The molecule has 1 amide bonds. The summed E-state index contributed by atoms with van der Waals surface area (Å²) >= 11 is 1.74. The van der Waals surface area contributed by atoms with Gasteiger partial charge in [0.2, 0.25) is 5.91 Å². The zero-order chi connectivity index (χ0) is 20.3. The van der Waals surface area contributed by atoms with Crippen molar-refractivity contribution < 1.29 is 19.4 Å². The molecule has 4 aliphatic rings. The van der Waals surface area contributed by atoms with Crippen molar-refractivity contribution in [2.45, 2.75) is 38.0 Å². The Hall–Kier alpha value is -2.03. The van der Waals surface area contributed by atoms with Crippen LogP contribution in [0.3, 0.4) is 0 Å². The van der Waals surface area contributed by atoms with Crippen molar-refractivity contribution in [1.82, 2.24) is 14.4 Å². The van der Waals surface area contributed by atoms with Gasteiger partial charge in [0, 0.05) is 44.9 Å². The molecule has 0 aliphatic carbocycles. The number of allylic oxidation sites excluding steroid dienone is 1. The van der Waals surface area contributed by atoms with Crippen LogP contribution in [0.5, 0.6) is 0 Å². The Bertz CT molecular complexity index is 1000. The van der Waals surface area contributed by atoms with Gasteiger partial charge >= 0.3 is 0 Å². The van der Waals surface area contributed by atoms with E-state index < -0.39 is 5.79 Å². The number of nitrogens with zero attached hydrogens (tertiary/aromatic N) is 3. The van der Waals surface area contributed by atoms with Crippen molar-refractivity contribution in [2.75, 3.05) is 39.4 Å². The van der Waals surface area contributed by atoms with E-state index in [0.29, 0.717) is 25.5 Å². The number of likely N-dealkylation sites (tertiary alicyclic amines) is 2. The first-order valence-corrected chi connectivity index (χ1v) is 11.8. The standard InChI is InChI=1S/C22H27N3O4S/c26-18-14-25-16-3-12-30-19(16)13-17(25)20(18)23-6-1-15(2-7-23)21(27)24-8-4-22(5-9-24)28-10-11-29-22/h3,12-13,15,26H,1-2,4-11,14H2. The lowest BCUT2D eigenvalue weighted by Crippen LogP contribution is -2.50. The number of carbonyl (C=O) groups excluding carboxylic acids is 1. The van der Waals surface area contributed by atoms with Crippen molar-refractivity contribution in [1.29, 1.82) is 0 Å². The number of amides is 1. The third-order valence-electron chi connectivity index (χ3n) is 7.16. The maximum atomic E-state index is 13.1. The number of hydrogen-bond acceptors (Lipinski definition) is 6. The number of ether oxygens (including phenoxy) is 2. The minimum absolute atomic E-state index is 0.0696. The number of aromatic nitrogens is 1. The van der Waals surface area contributed by atoms with Crippen LogP contribution < -0.4 is 0 Å². The van der Waals surface area contributed by atoms with E-state index in [0.717, 1.165) is 63.3 Å². The number of aliphatic hydroxyl groups is 1. The summed E-state index contributed by atoms with van der Waals surface area (Å²) in [4.78, 5) is 17.4. The van der Waals surface area contributed by atoms with E-state index in [2.05, 4.69) is 27.0 Å². The summed E-state index contributed by atoms with van der Waals surface area (Å²) in [5.41, 5.74) is 3.26. The summed E-state index contributed by atoms with van der Waals surface area (Å²) in [6, 6.07) is 4.31. The first-order valence-electron chi connectivity index (χ1n) is 10.9. The molecule has 0 bridgehead atoms. The van der Waals surface area contributed by atoms with Crippen molar-refractivity contribution in [2.24, 2.45) is 5.92 Å². The number of hydrogen-bond donors (Lipinski definition) is 1. The number of piperidine rings is 2. The summed E-state index contributed by atoms with van der Waals surface area (Å²) in [7, 11) is 0. The van der Waals surface area contributed by atoms with Crippen molar-refractivity contribution in [3.63, 3.8) is 0 Å². The third kappa shape index (κ3) is 2.88. The molecule has 1 N–H and O–H groups in total. The lowest BCUT2D eigenvalue weighted by molar-refractivity contribution is -0.188. The number of thiophene rings is 1. The van der Waals surface area contributed by atoms with Gasteiger partial charge in [-0.05, 0) is 30.4 Å². The molecule has 3 fully saturated rings. The van der Waals surface area contributed by atoms with Crippen molar-refractivity contribution in [3.8, 4) is 0 Å². The Morgan fingerprint density at radius 3 is 2.60 bits per heavy atom. The maximum absolute atomic E-state index is 13.1. The van der Waals surface area contributed by atoms with Crippen LogP contribution in [0, 0.1) is 5.92 Å². The summed E-state index contributed by atoms with van der Waals surface area (Å²) in [5, 5.41) is 12.7. The molecule has 0 saturated carbocycles. The molecule has 2 aromatic rings. The lowest BCUT2D eigenvalue weighted by atomic mass is 9.93. The SMILES string of the molecule is O=C(C1CCN(C2=C(O)Cn3c2cc2sccc23)CC1)N1CCC2(CC1)OCCO2. The van der Waals surface area contributed by atoms with E-state index in [1.165, 1.54) is 10.2 Å². The van der Waals surface area contributed by atoms with Gasteiger partial charge in [-0.1, -0.05) is 0 Å². The molecule has 8 heteroatoms. The van der Waals surface area contributed by atoms with Gasteiger partial charge in [0.1, 0.15) is 11.5 Å². The second-order valence-electron chi connectivity index (χ2n) is 8.78. The highest BCUT2D eigenvalue weighted by molar-refractivity contribution is 7.17. The highest BCUT2D eigenvalue weighted by Crippen LogP contribution is 2.39. The molecule has 6 heterocycles. The Balaban J connectivity index is 1.10. The smallest absolute Gasteiger partial charge is 0.225 e. The molecular formula is C22H27N3O4S. The zero-order valence-electron chi connectivity index (χ0n) is 17.0. The highest BCUT2D eigenvalue weighted by atomic mass is 32.1. The van der Waals surface area contributed by atoms with Gasteiger partial charge in [-0.25, -0.2) is 0 Å². The zero-order valence-corrected chi connectivity index (χ0v) is 17.8. The van der Waals surface area contributed by atoms with Gasteiger partial charge in [0.15, 0.2) is 5.79 Å². The van der Waals surface area contributed by atoms with Crippen LogP contribution in [0.1, 0.15) is 31.4 Å². The number of rotatable bonds is 2. The van der Waals surface area contributed by atoms with Gasteiger partial charge in [-0.15, -0.1) is 11.3 Å². The van der Waals surface area contributed by atoms with Crippen LogP contribution in [-0.4, -0.2) is 70.6 Å². The molecule has 0 aromatic carbocycles. The Morgan fingerprint density at radius 1 is 1.13 bits per heavy atom. The normalized spacial score (nSPS) is 24.4. The number of aliphatic hydroxyl groups excluding tert-OH is 1. The predicted octanol–water partition coefficient (Wildman–Crippen LogP) is 3.02. The van der Waals surface area contributed by atoms with E-state index in [9.17, 15) is 9.90 Å². The maximum Gasteiger partial charge on any atom is 0.225 e. The molecule has 3 saturated heterocycles. The van der Waals surface area contributed by atoms with Gasteiger partial charge in [-0.3, -0.25) is 4.79 Å². The van der Waals surface area contributed by atoms with Gasteiger partial charge in [0.25, 0.3) is 0 Å². The minimum Gasteiger partial charge on any atom is -0.508 e.